The van der Waals surface area contributed by atoms with Crippen LogP contribution < -0.4 is 4.74 Å². The molecule has 2 nitrogen and oxygen atoms in total. The lowest BCUT2D eigenvalue weighted by Crippen LogP contribution is -2.04. The average Bonchev–Trinajstić information content (AvgIpc) is 2.85. The van der Waals surface area contributed by atoms with Gasteiger partial charge in [0.1, 0.15) is 18.5 Å². The van der Waals surface area contributed by atoms with Gasteiger partial charge in [0.05, 0.1) is 15.6 Å². The molecule has 1 unspecified atom stereocenters. The van der Waals surface area contributed by atoms with Gasteiger partial charge < -0.3 is 9.47 Å². The van der Waals surface area contributed by atoms with Gasteiger partial charge in [-0.2, -0.15) is 0 Å². The van der Waals surface area contributed by atoms with E-state index >= 15 is 0 Å². The zero-order valence-electron chi connectivity index (χ0n) is 7.10. The van der Waals surface area contributed by atoms with E-state index in [4.69, 9.17) is 9.47 Å². The molecule has 0 aliphatic carbocycles. The Labute approximate surface area is 107 Å². The Morgan fingerprint density at radius 3 is 2.36 bits per heavy atom. The molecular weight excluding hydrogens is 380 g/mol. The molecule has 14 heavy (non-hydrogen) atoms. The minimum Gasteiger partial charge on any atom is -0.488 e. The third-order valence-electron chi connectivity index (χ3n) is 1.78. The van der Waals surface area contributed by atoms with Crippen LogP contribution in [0.5, 0.6) is 5.75 Å². The van der Waals surface area contributed by atoms with Gasteiger partial charge in [0, 0.05) is 4.47 Å². The molecule has 1 saturated heterocycles. The fraction of sp³-hybridized carbons (Fsp3) is 0.333. The Hall–Kier alpha value is 0.420. The van der Waals surface area contributed by atoms with Gasteiger partial charge in [0.25, 0.3) is 0 Å². The van der Waals surface area contributed by atoms with E-state index in [2.05, 4.69) is 47.8 Å². The normalized spacial score (nSPS) is 19.5. The zero-order valence-corrected chi connectivity index (χ0v) is 11.9. The van der Waals surface area contributed by atoms with Crippen LogP contribution in [-0.2, 0) is 4.74 Å². The predicted molar refractivity (Wildman–Crippen MR) is 64.8 cm³/mol. The molecule has 1 heterocycles. The van der Waals surface area contributed by atoms with E-state index in [1.54, 1.807) is 0 Å². The predicted octanol–water partition coefficient (Wildman–Crippen LogP) is 3.75. The number of epoxide rings is 1. The molecule has 5 heteroatoms. The zero-order chi connectivity index (χ0) is 10.1. The van der Waals surface area contributed by atoms with Crippen molar-refractivity contribution in [2.75, 3.05) is 13.2 Å². The summed E-state index contributed by atoms with van der Waals surface area (Å²) in [6.07, 6.45) is 0.275. The molecule has 76 valence electrons. The highest BCUT2D eigenvalue weighted by Gasteiger charge is 2.24. The van der Waals surface area contributed by atoms with Crippen LogP contribution in [0.15, 0.2) is 25.6 Å². The maximum Gasteiger partial charge on any atom is 0.147 e. The monoisotopic (exact) mass is 384 g/mol. The van der Waals surface area contributed by atoms with Crippen molar-refractivity contribution in [3.63, 3.8) is 0 Å². The lowest BCUT2D eigenvalue weighted by atomic mass is 10.3. The van der Waals surface area contributed by atoms with Gasteiger partial charge >= 0.3 is 0 Å². The molecule has 1 atom stereocenters. The Bertz CT molecular complexity index is 327. The second-order valence-corrected chi connectivity index (χ2v) is 5.59. The molecule has 2 rings (SSSR count). The molecule has 1 aromatic carbocycles. The van der Waals surface area contributed by atoms with Crippen molar-refractivity contribution in [1.82, 2.24) is 0 Å². The van der Waals surface area contributed by atoms with E-state index in [0.29, 0.717) is 6.61 Å². The van der Waals surface area contributed by atoms with Gasteiger partial charge in [-0.1, -0.05) is 15.9 Å². The maximum atomic E-state index is 5.61. The maximum absolute atomic E-state index is 5.61. The lowest BCUT2D eigenvalue weighted by molar-refractivity contribution is 0.260. The van der Waals surface area contributed by atoms with E-state index in [0.717, 1.165) is 25.8 Å². The van der Waals surface area contributed by atoms with Crippen molar-refractivity contribution in [2.45, 2.75) is 6.10 Å². The van der Waals surface area contributed by atoms with Gasteiger partial charge in [-0.3, -0.25) is 0 Å². The van der Waals surface area contributed by atoms with E-state index in [1.165, 1.54) is 0 Å². The summed E-state index contributed by atoms with van der Waals surface area (Å²) in [6.45, 7) is 1.42. The number of ether oxygens (including phenoxy) is 2. The average molecular weight is 387 g/mol. The van der Waals surface area contributed by atoms with Crippen LogP contribution in [0.25, 0.3) is 0 Å². The van der Waals surface area contributed by atoms with Crippen molar-refractivity contribution in [3.05, 3.63) is 25.6 Å². The van der Waals surface area contributed by atoms with Gasteiger partial charge in [0.15, 0.2) is 0 Å². The first kappa shape index (κ1) is 10.9. The molecule has 1 aliphatic rings. The molecule has 1 aliphatic heterocycles. The topological polar surface area (TPSA) is 21.8 Å². The van der Waals surface area contributed by atoms with E-state index in [-0.39, 0.29) is 6.10 Å². The minimum atomic E-state index is 0.275. The molecule has 0 N–H and O–H groups in total. The highest BCUT2D eigenvalue weighted by atomic mass is 79.9. The third-order valence-corrected chi connectivity index (χ3v) is 3.41. The first-order valence-corrected chi connectivity index (χ1v) is 6.43. The largest absolute Gasteiger partial charge is 0.488 e. The van der Waals surface area contributed by atoms with Crippen LogP contribution in [0.3, 0.4) is 0 Å². The van der Waals surface area contributed by atoms with E-state index in [9.17, 15) is 0 Å². The Balaban J connectivity index is 2.13. The molecule has 0 radical (unpaired) electrons. The summed E-state index contributed by atoms with van der Waals surface area (Å²) in [7, 11) is 0. The van der Waals surface area contributed by atoms with Crippen LogP contribution in [0.4, 0.5) is 0 Å². The first-order valence-electron chi connectivity index (χ1n) is 4.06. The Kier molecular flexibility index (Phi) is 3.52. The SMILES string of the molecule is Brc1cc(Br)c(OCC2CO2)c(Br)c1. The Morgan fingerprint density at radius 1 is 1.29 bits per heavy atom. The molecule has 0 bridgehead atoms. The smallest absolute Gasteiger partial charge is 0.147 e. The number of halogens is 3. The molecule has 0 amide bonds. The number of benzene rings is 1. The molecule has 0 saturated carbocycles. The summed E-state index contributed by atoms with van der Waals surface area (Å²) in [5.74, 6) is 0.823. The second kappa shape index (κ2) is 4.51. The van der Waals surface area contributed by atoms with E-state index < -0.39 is 0 Å². The first-order chi connectivity index (χ1) is 6.66. The van der Waals surface area contributed by atoms with Crippen LogP contribution in [-0.4, -0.2) is 19.3 Å². The number of rotatable bonds is 3. The van der Waals surface area contributed by atoms with Crippen molar-refractivity contribution >= 4 is 47.8 Å². The summed E-state index contributed by atoms with van der Waals surface area (Å²) in [4.78, 5) is 0. The van der Waals surface area contributed by atoms with Gasteiger partial charge in [-0.05, 0) is 44.0 Å². The van der Waals surface area contributed by atoms with Crippen LogP contribution in [0, 0.1) is 0 Å². The minimum absolute atomic E-state index is 0.275. The second-order valence-electron chi connectivity index (χ2n) is 2.96. The van der Waals surface area contributed by atoms with Gasteiger partial charge in [-0.25, -0.2) is 0 Å². The summed E-state index contributed by atoms with van der Waals surface area (Å²) in [5.41, 5.74) is 0. The molecule has 0 spiro atoms. The fourth-order valence-electron chi connectivity index (χ4n) is 1.01. The van der Waals surface area contributed by atoms with Crippen molar-refractivity contribution in [2.24, 2.45) is 0 Å². The summed E-state index contributed by atoms with van der Waals surface area (Å²) < 4.78 is 13.5. The summed E-state index contributed by atoms with van der Waals surface area (Å²) >= 11 is 10.3. The van der Waals surface area contributed by atoms with Crippen LogP contribution in [0.1, 0.15) is 0 Å². The number of hydrogen-bond acceptors (Lipinski definition) is 2. The fourth-order valence-corrected chi connectivity index (χ4v) is 3.49. The lowest BCUT2D eigenvalue weighted by Gasteiger charge is -2.09. The summed E-state index contributed by atoms with van der Waals surface area (Å²) in [5, 5.41) is 0. The highest BCUT2D eigenvalue weighted by molar-refractivity contribution is 9.11. The molecule has 0 aromatic heterocycles. The van der Waals surface area contributed by atoms with Crippen molar-refractivity contribution in [1.29, 1.82) is 0 Å². The molecule has 1 aromatic rings. The number of hydrogen-bond donors (Lipinski definition) is 0. The van der Waals surface area contributed by atoms with Crippen LogP contribution >= 0.6 is 47.8 Å². The molecule has 1 fully saturated rings. The standard InChI is InChI=1S/C9H7Br3O2/c10-5-1-7(11)9(8(12)2-5)14-4-6-3-13-6/h1-2,6H,3-4H2. The highest BCUT2D eigenvalue weighted by Crippen LogP contribution is 2.36. The van der Waals surface area contributed by atoms with Gasteiger partial charge in [0.2, 0.25) is 0 Å². The van der Waals surface area contributed by atoms with Crippen LogP contribution in [0.2, 0.25) is 0 Å². The van der Waals surface area contributed by atoms with E-state index in [1.807, 2.05) is 12.1 Å². The third kappa shape index (κ3) is 2.72. The Morgan fingerprint density at radius 2 is 1.86 bits per heavy atom. The van der Waals surface area contributed by atoms with Gasteiger partial charge in [-0.15, -0.1) is 0 Å². The summed E-state index contributed by atoms with van der Waals surface area (Å²) in [6, 6.07) is 3.90. The van der Waals surface area contributed by atoms with Crippen molar-refractivity contribution < 1.29 is 9.47 Å². The molecular formula is C9H7Br3O2. The van der Waals surface area contributed by atoms with Crippen molar-refractivity contribution in [3.8, 4) is 5.75 Å². The quantitative estimate of drug-likeness (QED) is 0.738.